The average molecular weight is 285 g/mol. The third kappa shape index (κ3) is 4.86. The van der Waals surface area contributed by atoms with Crippen molar-refractivity contribution in [1.29, 1.82) is 0 Å². The molecule has 0 unspecified atom stereocenters. The maximum atomic E-state index is 10.2. The van der Waals surface area contributed by atoms with Crippen LogP contribution in [0.1, 0.15) is 13.8 Å². The predicted octanol–water partition coefficient (Wildman–Crippen LogP) is -0.488. The topological polar surface area (TPSA) is 74.6 Å². The van der Waals surface area contributed by atoms with E-state index >= 15 is 0 Å². The molecule has 0 amide bonds. The molecule has 11 heavy (non-hydrogen) atoms. The number of hydrogen-bond donors (Lipinski definition) is 2. The van der Waals surface area contributed by atoms with Gasteiger partial charge in [0.25, 0.3) is 0 Å². The van der Waals surface area contributed by atoms with Gasteiger partial charge in [0, 0.05) is 0 Å². The monoisotopic (exact) mass is 286 g/mol. The SMILES string of the molecule is CC(C)C(C(=O)O)C(=O)O.[BaH2]. The Labute approximate surface area is 105 Å². The third-order valence-electron chi connectivity index (χ3n) is 1.20. The summed E-state index contributed by atoms with van der Waals surface area (Å²) >= 11 is 0. The molecule has 0 bridgehead atoms. The number of carbonyl (C=O) groups is 2. The fourth-order valence-corrected chi connectivity index (χ4v) is 0.676. The van der Waals surface area contributed by atoms with Crippen LogP contribution in [-0.2, 0) is 9.59 Å². The number of rotatable bonds is 3. The molecule has 0 spiro atoms. The summed E-state index contributed by atoms with van der Waals surface area (Å²) < 4.78 is 0. The van der Waals surface area contributed by atoms with Gasteiger partial charge in [0.15, 0.2) is 5.92 Å². The first-order valence-corrected chi connectivity index (χ1v) is 2.92. The zero-order valence-corrected chi connectivity index (χ0v) is 5.87. The molecule has 0 aromatic carbocycles. The van der Waals surface area contributed by atoms with Crippen molar-refractivity contribution in [2.45, 2.75) is 13.8 Å². The summed E-state index contributed by atoms with van der Waals surface area (Å²) in [6, 6.07) is 0. The molecule has 0 heterocycles. The van der Waals surface area contributed by atoms with Gasteiger partial charge in [-0.05, 0) is 5.92 Å². The van der Waals surface area contributed by atoms with Crippen LogP contribution in [0, 0.1) is 11.8 Å². The first-order chi connectivity index (χ1) is 4.46. The Morgan fingerprint density at radius 2 is 1.36 bits per heavy atom. The summed E-state index contributed by atoms with van der Waals surface area (Å²) in [7, 11) is 0. The molecule has 0 aromatic heterocycles. The number of aliphatic carboxylic acids is 2. The second-order valence-electron chi connectivity index (χ2n) is 2.40. The molecule has 0 saturated carbocycles. The van der Waals surface area contributed by atoms with E-state index in [4.69, 9.17) is 10.2 Å². The molecule has 0 atom stereocenters. The van der Waals surface area contributed by atoms with E-state index in [0.717, 1.165) is 0 Å². The van der Waals surface area contributed by atoms with Gasteiger partial charge in [0.05, 0.1) is 0 Å². The van der Waals surface area contributed by atoms with E-state index in [9.17, 15) is 9.59 Å². The Kier molecular flexibility index (Phi) is 7.76. The van der Waals surface area contributed by atoms with Crippen molar-refractivity contribution in [2.75, 3.05) is 0 Å². The third-order valence-corrected chi connectivity index (χ3v) is 1.20. The molecular formula is C6H12BaO4. The van der Waals surface area contributed by atoms with E-state index in [1.54, 1.807) is 13.8 Å². The van der Waals surface area contributed by atoms with Crippen molar-refractivity contribution in [3.63, 3.8) is 0 Å². The van der Waals surface area contributed by atoms with Crippen molar-refractivity contribution in [2.24, 2.45) is 11.8 Å². The summed E-state index contributed by atoms with van der Waals surface area (Å²) in [5, 5.41) is 16.7. The fraction of sp³-hybridized carbons (Fsp3) is 0.667. The van der Waals surface area contributed by atoms with Gasteiger partial charge in [0.2, 0.25) is 0 Å². The van der Waals surface area contributed by atoms with Crippen molar-refractivity contribution in [1.82, 2.24) is 0 Å². The number of carboxylic acid groups (broad SMARTS) is 2. The van der Waals surface area contributed by atoms with E-state index < -0.39 is 17.9 Å². The van der Waals surface area contributed by atoms with Crippen molar-refractivity contribution < 1.29 is 19.8 Å². The Morgan fingerprint density at radius 3 is 1.36 bits per heavy atom. The van der Waals surface area contributed by atoms with Crippen molar-refractivity contribution in [3.05, 3.63) is 0 Å². The molecule has 0 aromatic rings. The van der Waals surface area contributed by atoms with E-state index in [1.165, 1.54) is 0 Å². The van der Waals surface area contributed by atoms with E-state index in [0.29, 0.717) is 0 Å². The first-order valence-electron chi connectivity index (χ1n) is 2.92. The van der Waals surface area contributed by atoms with E-state index in [2.05, 4.69) is 0 Å². The van der Waals surface area contributed by atoms with Gasteiger partial charge >= 0.3 is 60.8 Å². The molecule has 4 nitrogen and oxygen atoms in total. The molecule has 0 fully saturated rings. The summed E-state index contributed by atoms with van der Waals surface area (Å²) in [5.41, 5.74) is 0. The molecule has 0 rings (SSSR count). The van der Waals surface area contributed by atoms with Crippen LogP contribution in [0.15, 0.2) is 0 Å². The minimum absolute atomic E-state index is 0. The van der Waals surface area contributed by atoms with E-state index in [-0.39, 0.29) is 54.8 Å². The van der Waals surface area contributed by atoms with E-state index in [1.807, 2.05) is 0 Å². The molecule has 0 aliphatic heterocycles. The Morgan fingerprint density at radius 1 is 1.09 bits per heavy atom. The number of carboxylic acids is 2. The molecule has 0 radical (unpaired) electrons. The van der Waals surface area contributed by atoms with Gasteiger partial charge in [-0.2, -0.15) is 0 Å². The molecule has 0 aliphatic carbocycles. The molecule has 62 valence electrons. The molecule has 0 aliphatic rings. The summed E-state index contributed by atoms with van der Waals surface area (Å²) in [4.78, 5) is 20.4. The zero-order valence-electron chi connectivity index (χ0n) is 5.87. The van der Waals surface area contributed by atoms with Crippen LogP contribution >= 0.6 is 0 Å². The number of hydrogen-bond acceptors (Lipinski definition) is 2. The van der Waals surface area contributed by atoms with Crippen LogP contribution in [0.25, 0.3) is 0 Å². The summed E-state index contributed by atoms with van der Waals surface area (Å²) in [6.07, 6.45) is 0. The molecule has 0 saturated heterocycles. The van der Waals surface area contributed by atoms with Gasteiger partial charge in [-0.3, -0.25) is 9.59 Å². The molecular weight excluding hydrogens is 273 g/mol. The minimum atomic E-state index is -1.28. The van der Waals surface area contributed by atoms with Crippen molar-refractivity contribution in [3.8, 4) is 0 Å². The summed E-state index contributed by atoms with van der Waals surface area (Å²) in [5.74, 6) is -4.19. The van der Waals surface area contributed by atoms with Gasteiger partial charge in [-0.15, -0.1) is 0 Å². The zero-order chi connectivity index (χ0) is 8.31. The predicted molar refractivity (Wildman–Crippen MR) is 42.1 cm³/mol. The molecule has 2 N–H and O–H groups in total. The van der Waals surface area contributed by atoms with Crippen LogP contribution in [0.4, 0.5) is 0 Å². The van der Waals surface area contributed by atoms with Crippen LogP contribution in [-0.4, -0.2) is 71.0 Å². The average Bonchev–Trinajstić information content (AvgIpc) is 1.59. The van der Waals surface area contributed by atoms with Crippen molar-refractivity contribution >= 4 is 60.8 Å². The molecule has 5 heteroatoms. The standard InChI is InChI=1S/C6H10O4.Ba.2H/c1-3(2)4(5(7)8)6(9)10;;;/h3-4H,1-2H3,(H,7,8)(H,9,10);;;. The van der Waals surface area contributed by atoms with Gasteiger partial charge in [-0.1, -0.05) is 13.8 Å². The second-order valence-corrected chi connectivity index (χ2v) is 2.40. The Hall–Kier alpha value is 0.511. The van der Waals surface area contributed by atoms with Crippen LogP contribution in [0.2, 0.25) is 0 Å². The van der Waals surface area contributed by atoms with Gasteiger partial charge in [0.1, 0.15) is 0 Å². The van der Waals surface area contributed by atoms with Gasteiger partial charge < -0.3 is 10.2 Å². The normalized spacial score (nSPS) is 9.45. The van der Waals surface area contributed by atoms with Gasteiger partial charge in [-0.25, -0.2) is 0 Å². The maximum absolute atomic E-state index is 10.2. The quantitative estimate of drug-likeness (QED) is 0.542. The van der Waals surface area contributed by atoms with Crippen LogP contribution < -0.4 is 0 Å². The Bertz CT molecular complexity index is 141. The first kappa shape index (κ1) is 14.1. The van der Waals surface area contributed by atoms with Crippen LogP contribution in [0.3, 0.4) is 0 Å². The summed E-state index contributed by atoms with van der Waals surface area (Å²) in [6.45, 7) is 3.12. The Balaban J connectivity index is 0. The second kappa shape index (κ2) is 6.07. The van der Waals surface area contributed by atoms with Crippen LogP contribution in [0.5, 0.6) is 0 Å². The fourth-order valence-electron chi connectivity index (χ4n) is 0.676.